The van der Waals surface area contributed by atoms with Crippen LogP contribution in [-0.4, -0.2) is 16.5 Å². The monoisotopic (exact) mass is 192 g/mol. The molecule has 0 amide bonds. The first kappa shape index (κ1) is 10.9. The van der Waals surface area contributed by atoms with Crippen molar-refractivity contribution in [3.63, 3.8) is 0 Å². The number of rotatable bonds is 4. The molecule has 0 fully saturated rings. The lowest BCUT2D eigenvalue weighted by Crippen LogP contribution is -2.26. The number of ketones is 1. The van der Waals surface area contributed by atoms with E-state index in [0.29, 0.717) is 12.0 Å². The van der Waals surface area contributed by atoms with Gasteiger partial charge in [0.15, 0.2) is 5.78 Å². The Morgan fingerprint density at radius 2 is 1.93 bits per heavy atom. The first-order valence-electron chi connectivity index (χ1n) is 4.86. The van der Waals surface area contributed by atoms with Crippen LogP contribution in [0.5, 0.6) is 0 Å². The molecule has 1 rings (SSSR count). The molecule has 0 saturated carbocycles. The molecular weight excluding hydrogens is 176 g/mol. The number of benzene rings is 1. The van der Waals surface area contributed by atoms with Gasteiger partial charge < -0.3 is 5.11 Å². The van der Waals surface area contributed by atoms with E-state index < -0.39 is 5.60 Å². The quantitative estimate of drug-likeness (QED) is 0.744. The molecule has 0 radical (unpaired) electrons. The smallest absolute Gasteiger partial charge is 0.165 e. The molecule has 76 valence electrons. The highest BCUT2D eigenvalue weighted by molar-refractivity contribution is 5.96. The maximum Gasteiger partial charge on any atom is 0.165 e. The molecule has 1 aromatic carbocycles. The molecule has 0 aliphatic rings. The summed E-state index contributed by atoms with van der Waals surface area (Å²) < 4.78 is 0. The highest BCUT2D eigenvalue weighted by Gasteiger charge is 2.22. The van der Waals surface area contributed by atoms with Gasteiger partial charge in [-0.3, -0.25) is 4.79 Å². The average Bonchev–Trinajstić information content (AvgIpc) is 2.19. The van der Waals surface area contributed by atoms with Gasteiger partial charge in [0, 0.05) is 12.0 Å². The van der Waals surface area contributed by atoms with E-state index in [1.807, 2.05) is 25.1 Å². The van der Waals surface area contributed by atoms with Crippen molar-refractivity contribution < 1.29 is 9.90 Å². The summed E-state index contributed by atoms with van der Waals surface area (Å²) in [5, 5.41) is 9.73. The maximum atomic E-state index is 11.7. The van der Waals surface area contributed by atoms with E-state index in [-0.39, 0.29) is 12.2 Å². The van der Waals surface area contributed by atoms with Gasteiger partial charge in [-0.1, -0.05) is 37.3 Å². The summed E-state index contributed by atoms with van der Waals surface area (Å²) in [5.41, 5.74) is -0.214. The Kier molecular flexibility index (Phi) is 3.42. The van der Waals surface area contributed by atoms with Crippen LogP contribution >= 0.6 is 0 Å². The molecule has 1 aromatic rings. The largest absolute Gasteiger partial charge is 0.390 e. The second kappa shape index (κ2) is 4.38. The third kappa shape index (κ3) is 2.96. The fraction of sp³-hybridized carbons (Fsp3) is 0.417. The fourth-order valence-corrected chi connectivity index (χ4v) is 1.20. The minimum atomic E-state index is -0.882. The molecule has 2 nitrogen and oxygen atoms in total. The lowest BCUT2D eigenvalue weighted by Gasteiger charge is -2.19. The molecule has 1 N–H and O–H groups in total. The molecule has 14 heavy (non-hydrogen) atoms. The number of hydrogen-bond acceptors (Lipinski definition) is 2. The first-order chi connectivity index (χ1) is 6.55. The summed E-state index contributed by atoms with van der Waals surface area (Å²) in [6, 6.07) is 9.07. The number of carbonyl (C=O) groups excluding carboxylic acids is 1. The Hall–Kier alpha value is -1.15. The van der Waals surface area contributed by atoms with Gasteiger partial charge in [0.25, 0.3) is 0 Å². The SMILES string of the molecule is CCC(C)(O)CC(=O)c1ccccc1. The van der Waals surface area contributed by atoms with Crippen molar-refractivity contribution in [3.05, 3.63) is 35.9 Å². The van der Waals surface area contributed by atoms with Gasteiger partial charge in [-0.15, -0.1) is 0 Å². The highest BCUT2D eigenvalue weighted by atomic mass is 16.3. The second-order valence-electron chi connectivity index (χ2n) is 3.82. The van der Waals surface area contributed by atoms with Crippen molar-refractivity contribution in [1.82, 2.24) is 0 Å². The lowest BCUT2D eigenvalue weighted by atomic mass is 9.93. The molecule has 0 spiro atoms. The third-order valence-corrected chi connectivity index (χ3v) is 2.40. The van der Waals surface area contributed by atoms with Crippen molar-refractivity contribution in [2.75, 3.05) is 0 Å². The van der Waals surface area contributed by atoms with Crippen LogP contribution in [0.25, 0.3) is 0 Å². The van der Waals surface area contributed by atoms with Crippen LogP contribution in [-0.2, 0) is 0 Å². The van der Waals surface area contributed by atoms with Crippen LogP contribution in [0, 0.1) is 0 Å². The van der Waals surface area contributed by atoms with E-state index >= 15 is 0 Å². The predicted molar refractivity (Wildman–Crippen MR) is 56.3 cm³/mol. The minimum Gasteiger partial charge on any atom is -0.390 e. The van der Waals surface area contributed by atoms with Crippen molar-refractivity contribution in [3.8, 4) is 0 Å². The molecule has 0 aromatic heterocycles. The van der Waals surface area contributed by atoms with E-state index in [4.69, 9.17) is 0 Å². The molecule has 0 aliphatic heterocycles. The van der Waals surface area contributed by atoms with E-state index in [2.05, 4.69) is 0 Å². The number of aliphatic hydroxyl groups is 1. The lowest BCUT2D eigenvalue weighted by molar-refractivity contribution is 0.0428. The number of Topliss-reactive ketones (excluding diaryl/α,β-unsaturated/α-hetero) is 1. The summed E-state index contributed by atoms with van der Waals surface area (Å²) in [7, 11) is 0. The topological polar surface area (TPSA) is 37.3 Å². The zero-order chi connectivity index (χ0) is 10.6. The predicted octanol–water partition coefficient (Wildman–Crippen LogP) is 2.42. The molecule has 0 heterocycles. The summed E-state index contributed by atoms with van der Waals surface area (Å²) >= 11 is 0. The van der Waals surface area contributed by atoms with Crippen LogP contribution in [0.15, 0.2) is 30.3 Å². The summed E-state index contributed by atoms with van der Waals surface area (Å²) in [6.07, 6.45) is 0.777. The van der Waals surface area contributed by atoms with Gasteiger partial charge in [-0.25, -0.2) is 0 Å². The van der Waals surface area contributed by atoms with Crippen LogP contribution in [0.4, 0.5) is 0 Å². The van der Waals surface area contributed by atoms with Crippen LogP contribution < -0.4 is 0 Å². The molecule has 0 bridgehead atoms. The van der Waals surface area contributed by atoms with Gasteiger partial charge in [0.05, 0.1) is 5.60 Å². The van der Waals surface area contributed by atoms with Gasteiger partial charge in [-0.2, -0.15) is 0 Å². The molecular formula is C12H16O2. The Labute approximate surface area is 84.6 Å². The molecule has 2 heteroatoms. The van der Waals surface area contributed by atoms with Gasteiger partial charge in [-0.05, 0) is 13.3 Å². The van der Waals surface area contributed by atoms with E-state index in [0.717, 1.165) is 0 Å². The van der Waals surface area contributed by atoms with Crippen molar-refractivity contribution >= 4 is 5.78 Å². The maximum absolute atomic E-state index is 11.7. The van der Waals surface area contributed by atoms with Crippen LogP contribution in [0.3, 0.4) is 0 Å². The fourth-order valence-electron chi connectivity index (χ4n) is 1.20. The van der Waals surface area contributed by atoms with Gasteiger partial charge in [0.2, 0.25) is 0 Å². The number of hydrogen-bond donors (Lipinski definition) is 1. The Balaban J connectivity index is 2.69. The highest BCUT2D eigenvalue weighted by Crippen LogP contribution is 2.17. The Morgan fingerprint density at radius 3 is 2.43 bits per heavy atom. The van der Waals surface area contributed by atoms with Crippen molar-refractivity contribution in [2.45, 2.75) is 32.3 Å². The van der Waals surface area contributed by atoms with Crippen LogP contribution in [0.1, 0.15) is 37.0 Å². The summed E-state index contributed by atoms with van der Waals surface area (Å²) in [4.78, 5) is 11.7. The zero-order valence-corrected chi connectivity index (χ0v) is 8.66. The van der Waals surface area contributed by atoms with Crippen LogP contribution in [0.2, 0.25) is 0 Å². The second-order valence-corrected chi connectivity index (χ2v) is 3.82. The standard InChI is InChI=1S/C12H16O2/c1-3-12(2,14)9-11(13)10-7-5-4-6-8-10/h4-8,14H,3,9H2,1-2H3. The first-order valence-corrected chi connectivity index (χ1v) is 4.86. The van der Waals surface area contributed by atoms with Gasteiger partial charge >= 0.3 is 0 Å². The molecule has 0 saturated heterocycles. The van der Waals surface area contributed by atoms with Crippen molar-refractivity contribution in [2.24, 2.45) is 0 Å². The minimum absolute atomic E-state index is 0.00236. The molecule has 0 aliphatic carbocycles. The van der Waals surface area contributed by atoms with E-state index in [1.54, 1.807) is 19.1 Å². The normalized spacial score (nSPS) is 14.8. The van der Waals surface area contributed by atoms with Crippen molar-refractivity contribution in [1.29, 1.82) is 0 Å². The number of carbonyl (C=O) groups is 1. The third-order valence-electron chi connectivity index (χ3n) is 2.40. The summed E-state index contributed by atoms with van der Waals surface area (Å²) in [5.74, 6) is -0.00236. The summed E-state index contributed by atoms with van der Waals surface area (Å²) in [6.45, 7) is 3.56. The Bertz CT molecular complexity index is 301. The Morgan fingerprint density at radius 1 is 1.36 bits per heavy atom. The van der Waals surface area contributed by atoms with Gasteiger partial charge in [0.1, 0.15) is 0 Å². The zero-order valence-electron chi connectivity index (χ0n) is 8.66. The average molecular weight is 192 g/mol. The van der Waals surface area contributed by atoms with E-state index in [1.165, 1.54) is 0 Å². The molecule has 1 atom stereocenters. The molecule has 1 unspecified atom stereocenters. The van der Waals surface area contributed by atoms with E-state index in [9.17, 15) is 9.90 Å².